The van der Waals surface area contributed by atoms with Gasteiger partial charge < -0.3 is 14.4 Å². The Hall–Kier alpha value is -3.23. The Morgan fingerprint density at radius 3 is 2.93 bits per heavy atom. The van der Waals surface area contributed by atoms with E-state index in [1.165, 1.54) is 12.1 Å². The second kappa shape index (κ2) is 7.55. The summed E-state index contributed by atoms with van der Waals surface area (Å²) >= 11 is 0. The molecule has 9 heteroatoms. The lowest BCUT2D eigenvalue weighted by molar-refractivity contribution is 0.244. The van der Waals surface area contributed by atoms with Gasteiger partial charge in [-0.05, 0) is 37.8 Å². The lowest BCUT2D eigenvalue weighted by Gasteiger charge is -2.24. The van der Waals surface area contributed by atoms with Crippen molar-refractivity contribution < 1.29 is 18.1 Å². The molecule has 1 aromatic carbocycles. The quantitative estimate of drug-likeness (QED) is 0.683. The Balaban J connectivity index is 1.25. The number of urea groups is 1. The number of nitrogens with zero attached hydrogens (tertiary/aromatic N) is 3. The van der Waals surface area contributed by atoms with E-state index in [0.717, 1.165) is 48.9 Å². The monoisotopic (exact) mass is 413 g/mol. The summed E-state index contributed by atoms with van der Waals surface area (Å²) in [5.74, 6) is 0.908. The van der Waals surface area contributed by atoms with E-state index < -0.39 is 11.6 Å². The van der Waals surface area contributed by atoms with Gasteiger partial charge in [-0.25, -0.2) is 18.6 Å². The number of aryl methyl sites for hydroxylation is 2. The Morgan fingerprint density at radius 2 is 2.07 bits per heavy atom. The topological polar surface area (TPSA) is 85.0 Å². The summed E-state index contributed by atoms with van der Waals surface area (Å²) in [5, 5.41) is 9.76. The van der Waals surface area contributed by atoms with Crippen molar-refractivity contribution in [2.75, 3.05) is 5.32 Å². The van der Waals surface area contributed by atoms with Crippen molar-refractivity contribution in [3.63, 3.8) is 0 Å². The summed E-state index contributed by atoms with van der Waals surface area (Å²) < 4.78 is 34.5. The van der Waals surface area contributed by atoms with Crippen LogP contribution in [0.3, 0.4) is 0 Å². The summed E-state index contributed by atoms with van der Waals surface area (Å²) in [5.41, 5.74) is 1.71. The standard InChI is InChI=1S/C21H21F2N5O2/c22-12-5-7-14(16(23)9-12)17-11-28-10-13(6-8-19(28)25-17)24-21(29)26-20-15-3-1-2-4-18(15)30-27-20/h5,7,9,11,13H,1-4,6,8,10H2,(H2,24,26,27,29). The fourth-order valence-electron chi connectivity index (χ4n) is 4.20. The smallest absolute Gasteiger partial charge is 0.320 e. The normalized spacial score (nSPS) is 17.9. The Kier molecular flexibility index (Phi) is 4.72. The van der Waals surface area contributed by atoms with Crippen molar-refractivity contribution in [2.45, 2.75) is 51.1 Å². The fraction of sp³-hybridized carbons (Fsp3) is 0.381. The second-order valence-electron chi connectivity index (χ2n) is 7.79. The van der Waals surface area contributed by atoms with Crippen LogP contribution in [0.25, 0.3) is 11.3 Å². The van der Waals surface area contributed by atoms with Gasteiger partial charge in [-0.3, -0.25) is 5.32 Å². The van der Waals surface area contributed by atoms with Gasteiger partial charge in [0.1, 0.15) is 23.2 Å². The van der Waals surface area contributed by atoms with Crippen LogP contribution >= 0.6 is 0 Å². The van der Waals surface area contributed by atoms with E-state index in [1.807, 2.05) is 4.57 Å². The maximum atomic E-state index is 14.1. The molecule has 156 valence electrons. The van der Waals surface area contributed by atoms with Crippen molar-refractivity contribution >= 4 is 11.8 Å². The largest absolute Gasteiger partial charge is 0.359 e. The van der Waals surface area contributed by atoms with Crippen molar-refractivity contribution in [1.29, 1.82) is 0 Å². The van der Waals surface area contributed by atoms with Crippen molar-refractivity contribution in [3.05, 3.63) is 53.2 Å². The molecule has 7 nitrogen and oxygen atoms in total. The number of aromatic nitrogens is 3. The van der Waals surface area contributed by atoms with Crippen LogP contribution in [0, 0.1) is 11.6 Å². The number of benzene rings is 1. The SMILES string of the molecule is O=C(Nc1noc2c1CCCC2)NC1CCc2nc(-c3ccc(F)cc3F)cn2C1. The summed E-state index contributed by atoms with van der Waals surface area (Å²) in [4.78, 5) is 16.9. The first-order chi connectivity index (χ1) is 14.6. The average Bonchev–Trinajstić information content (AvgIpc) is 3.32. The molecule has 0 spiro atoms. The van der Waals surface area contributed by atoms with Crippen LogP contribution in [-0.4, -0.2) is 26.8 Å². The van der Waals surface area contributed by atoms with Gasteiger partial charge in [-0.15, -0.1) is 0 Å². The van der Waals surface area contributed by atoms with Gasteiger partial charge in [0.2, 0.25) is 0 Å². The predicted octanol–water partition coefficient (Wildman–Crippen LogP) is 3.83. The maximum Gasteiger partial charge on any atom is 0.320 e. The molecule has 1 aliphatic carbocycles. The highest BCUT2D eigenvalue weighted by Gasteiger charge is 2.25. The van der Waals surface area contributed by atoms with E-state index >= 15 is 0 Å². The Bertz CT molecular complexity index is 1110. The zero-order valence-electron chi connectivity index (χ0n) is 16.3. The minimum absolute atomic E-state index is 0.0969. The number of amides is 2. The van der Waals surface area contributed by atoms with Crippen LogP contribution in [0.4, 0.5) is 19.4 Å². The van der Waals surface area contributed by atoms with Crippen LogP contribution in [-0.2, 0) is 25.8 Å². The van der Waals surface area contributed by atoms with Crippen LogP contribution in [0.5, 0.6) is 0 Å². The number of hydrogen-bond acceptors (Lipinski definition) is 4. The molecule has 1 atom stereocenters. The van der Waals surface area contributed by atoms with E-state index in [1.54, 1.807) is 6.20 Å². The number of hydrogen-bond donors (Lipinski definition) is 2. The molecule has 0 radical (unpaired) electrons. The molecule has 3 heterocycles. The second-order valence-corrected chi connectivity index (χ2v) is 7.79. The van der Waals surface area contributed by atoms with Gasteiger partial charge in [0.25, 0.3) is 0 Å². The zero-order chi connectivity index (χ0) is 20.7. The number of nitrogens with one attached hydrogen (secondary N) is 2. The Morgan fingerprint density at radius 1 is 1.20 bits per heavy atom. The molecule has 0 fully saturated rings. The summed E-state index contributed by atoms with van der Waals surface area (Å²) in [7, 11) is 0. The molecule has 1 aliphatic heterocycles. The Labute approximate surface area is 171 Å². The van der Waals surface area contributed by atoms with Crippen LogP contribution in [0.15, 0.2) is 28.9 Å². The average molecular weight is 413 g/mol. The van der Waals surface area contributed by atoms with Crippen molar-refractivity contribution in [1.82, 2.24) is 20.0 Å². The molecule has 3 aromatic rings. The molecule has 2 amide bonds. The van der Waals surface area contributed by atoms with Gasteiger partial charge in [0.05, 0.1) is 5.69 Å². The molecule has 0 saturated carbocycles. The van der Waals surface area contributed by atoms with Gasteiger partial charge >= 0.3 is 6.03 Å². The molecule has 1 unspecified atom stereocenters. The lowest BCUT2D eigenvalue weighted by atomic mass is 9.98. The first-order valence-electron chi connectivity index (χ1n) is 10.1. The molecule has 2 aliphatic rings. The van der Waals surface area contributed by atoms with E-state index in [4.69, 9.17) is 4.52 Å². The molecular weight excluding hydrogens is 392 g/mol. The van der Waals surface area contributed by atoms with Crippen molar-refractivity contribution in [2.24, 2.45) is 0 Å². The van der Waals surface area contributed by atoms with E-state index in [0.29, 0.717) is 30.9 Å². The van der Waals surface area contributed by atoms with Crippen LogP contribution in [0.1, 0.15) is 36.4 Å². The van der Waals surface area contributed by atoms with Gasteiger partial charge in [-0.1, -0.05) is 5.16 Å². The van der Waals surface area contributed by atoms with E-state index in [2.05, 4.69) is 20.8 Å². The van der Waals surface area contributed by atoms with E-state index in [9.17, 15) is 13.6 Å². The molecule has 5 rings (SSSR count). The van der Waals surface area contributed by atoms with Gasteiger partial charge in [0, 0.05) is 48.8 Å². The maximum absolute atomic E-state index is 14.1. The highest BCUT2D eigenvalue weighted by Crippen LogP contribution is 2.28. The number of anilines is 1. The fourth-order valence-corrected chi connectivity index (χ4v) is 4.20. The van der Waals surface area contributed by atoms with Crippen LogP contribution < -0.4 is 10.6 Å². The third-order valence-electron chi connectivity index (χ3n) is 5.72. The summed E-state index contributed by atoms with van der Waals surface area (Å²) in [6.45, 7) is 0.523. The molecule has 30 heavy (non-hydrogen) atoms. The third-order valence-corrected chi connectivity index (χ3v) is 5.72. The van der Waals surface area contributed by atoms with E-state index in [-0.39, 0.29) is 17.6 Å². The minimum atomic E-state index is -0.643. The highest BCUT2D eigenvalue weighted by atomic mass is 19.1. The summed E-state index contributed by atoms with van der Waals surface area (Å²) in [6.07, 6.45) is 6.96. The highest BCUT2D eigenvalue weighted by molar-refractivity contribution is 5.89. The molecule has 2 aromatic heterocycles. The van der Waals surface area contributed by atoms with Crippen molar-refractivity contribution in [3.8, 4) is 11.3 Å². The zero-order valence-corrected chi connectivity index (χ0v) is 16.3. The van der Waals surface area contributed by atoms with Gasteiger partial charge in [-0.2, -0.15) is 0 Å². The lowest BCUT2D eigenvalue weighted by Crippen LogP contribution is -2.43. The number of fused-ring (bicyclic) bond motifs is 2. The number of carbonyl (C=O) groups is 1. The number of carbonyl (C=O) groups excluding carboxylic acids is 1. The van der Waals surface area contributed by atoms with Crippen LogP contribution in [0.2, 0.25) is 0 Å². The third kappa shape index (κ3) is 3.55. The molecule has 0 bridgehead atoms. The number of imidazole rings is 1. The summed E-state index contributed by atoms with van der Waals surface area (Å²) in [6, 6.07) is 3.04. The first kappa shape index (κ1) is 18.8. The predicted molar refractivity (Wildman–Crippen MR) is 105 cm³/mol. The molecule has 0 saturated heterocycles. The molecule has 2 N–H and O–H groups in total. The number of halogens is 2. The minimum Gasteiger partial charge on any atom is -0.359 e. The van der Waals surface area contributed by atoms with Gasteiger partial charge in [0.15, 0.2) is 5.82 Å². The molecular formula is C21H21F2N5O2. The number of rotatable bonds is 3. The first-order valence-corrected chi connectivity index (χ1v) is 10.1.